The monoisotopic (exact) mass is 331 g/mol. The minimum absolute atomic E-state index is 0.252. The zero-order valence-corrected chi connectivity index (χ0v) is 13.4. The SMILES string of the molecule is CCOc1ccccc1C(=O)Nc1nc(-c2cccs2)ns1. The van der Waals surface area contributed by atoms with Crippen LogP contribution < -0.4 is 10.1 Å². The molecule has 0 aliphatic carbocycles. The van der Waals surface area contributed by atoms with Crippen molar-refractivity contribution >= 4 is 33.9 Å². The summed E-state index contributed by atoms with van der Waals surface area (Å²) in [6.45, 7) is 2.39. The lowest BCUT2D eigenvalue weighted by atomic mass is 10.2. The fourth-order valence-electron chi connectivity index (χ4n) is 1.88. The molecule has 1 aromatic carbocycles. The molecule has 0 unspecified atom stereocenters. The first-order chi connectivity index (χ1) is 10.8. The number of nitrogens with zero attached hydrogens (tertiary/aromatic N) is 2. The maximum absolute atomic E-state index is 12.4. The molecule has 1 amide bonds. The van der Waals surface area contributed by atoms with E-state index >= 15 is 0 Å². The number of hydrogen-bond donors (Lipinski definition) is 1. The molecule has 0 fully saturated rings. The predicted octanol–water partition coefficient (Wildman–Crippen LogP) is 3.92. The van der Waals surface area contributed by atoms with Gasteiger partial charge in [-0.1, -0.05) is 18.2 Å². The molecule has 22 heavy (non-hydrogen) atoms. The molecule has 3 aromatic rings. The van der Waals surface area contributed by atoms with Crippen LogP contribution in [0, 0.1) is 0 Å². The zero-order chi connectivity index (χ0) is 15.4. The molecule has 5 nitrogen and oxygen atoms in total. The van der Waals surface area contributed by atoms with Crippen molar-refractivity contribution in [2.24, 2.45) is 0 Å². The topological polar surface area (TPSA) is 64.1 Å². The van der Waals surface area contributed by atoms with Crippen LogP contribution in [0.2, 0.25) is 0 Å². The largest absolute Gasteiger partial charge is 0.493 e. The number of rotatable bonds is 5. The highest BCUT2D eigenvalue weighted by atomic mass is 32.1. The van der Waals surface area contributed by atoms with Gasteiger partial charge in [0.15, 0.2) is 5.82 Å². The Balaban J connectivity index is 1.77. The van der Waals surface area contributed by atoms with Crippen LogP contribution in [-0.4, -0.2) is 21.9 Å². The van der Waals surface area contributed by atoms with Gasteiger partial charge in [0.25, 0.3) is 5.91 Å². The van der Waals surface area contributed by atoms with Crippen molar-refractivity contribution in [2.75, 3.05) is 11.9 Å². The summed E-state index contributed by atoms with van der Waals surface area (Å²) in [6.07, 6.45) is 0. The summed E-state index contributed by atoms with van der Waals surface area (Å²) in [5.41, 5.74) is 0.484. The quantitative estimate of drug-likeness (QED) is 0.769. The van der Waals surface area contributed by atoms with E-state index in [-0.39, 0.29) is 5.91 Å². The standard InChI is InChI=1S/C15H13N3O2S2/c1-2-20-11-7-4-3-6-10(11)14(19)17-15-16-13(18-22-15)12-8-5-9-21-12/h3-9H,2H2,1H3,(H,16,17,18,19). The lowest BCUT2D eigenvalue weighted by Crippen LogP contribution is -2.13. The Labute approximate surface area is 135 Å². The van der Waals surface area contributed by atoms with Crippen molar-refractivity contribution in [3.8, 4) is 16.5 Å². The van der Waals surface area contributed by atoms with Crippen molar-refractivity contribution < 1.29 is 9.53 Å². The fourth-order valence-corrected chi connectivity index (χ4v) is 3.17. The molecule has 112 valence electrons. The van der Waals surface area contributed by atoms with Gasteiger partial charge >= 0.3 is 0 Å². The number of anilines is 1. The molecule has 0 saturated carbocycles. The smallest absolute Gasteiger partial charge is 0.261 e. The van der Waals surface area contributed by atoms with E-state index in [0.29, 0.717) is 28.9 Å². The van der Waals surface area contributed by atoms with E-state index in [1.165, 1.54) is 0 Å². The van der Waals surface area contributed by atoms with Gasteiger partial charge in [0.05, 0.1) is 17.0 Å². The lowest BCUT2D eigenvalue weighted by Gasteiger charge is -2.08. The molecule has 2 aromatic heterocycles. The lowest BCUT2D eigenvalue weighted by molar-refractivity contribution is 0.102. The molecule has 0 radical (unpaired) electrons. The van der Waals surface area contributed by atoms with Gasteiger partial charge in [-0.15, -0.1) is 11.3 Å². The Kier molecular flexibility index (Phi) is 4.45. The summed E-state index contributed by atoms with van der Waals surface area (Å²) < 4.78 is 9.73. The van der Waals surface area contributed by atoms with Crippen LogP contribution in [0.3, 0.4) is 0 Å². The minimum atomic E-state index is -0.252. The van der Waals surface area contributed by atoms with Crippen LogP contribution in [0.25, 0.3) is 10.7 Å². The molecular weight excluding hydrogens is 318 g/mol. The summed E-state index contributed by atoms with van der Waals surface area (Å²) >= 11 is 2.73. The van der Waals surface area contributed by atoms with Crippen LogP contribution >= 0.6 is 22.9 Å². The molecule has 2 heterocycles. The molecular formula is C15H13N3O2S2. The average molecular weight is 331 g/mol. The first-order valence-corrected chi connectivity index (χ1v) is 8.34. The molecule has 0 atom stereocenters. The number of thiophene rings is 1. The van der Waals surface area contributed by atoms with Gasteiger partial charge in [-0.05, 0) is 30.5 Å². The number of hydrogen-bond acceptors (Lipinski definition) is 6. The highest BCUT2D eigenvalue weighted by Gasteiger charge is 2.15. The third kappa shape index (κ3) is 3.15. The third-order valence-electron chi connectivity index (χ3n) is 2.82. The van der Waals surface area contributed by atoms with Gasteiger partial charge in [0, 0.05) is 11.5 Å². The van der Waals surface area contributed by atoms with E-state index in [9.17, 15) is 4.79 Å². The van der Waals surface area contributed by atoms with Crippen molar-refractivity contribution in [2.45, 2.75) is 6.92 Å². The summed E-state index contributed by atoms with van der Waals surface area (Å²) in [5, 5.41) is 5.21. The van der Waals surface area contributed by atoms with Gasteiger partial charge in [-0.25, -0.2) is 0 Å². The molecule has 7 heteroatoms. The minimum Gasteiger partial charge on any atom is -0.493 e. The van der Waals surface area contributed by atoms with Gasteiger partial charge < -0.3 is 4.74 Å². The van der Waals surface area contributed by atoms with Gasteiger partial charge in [0.1, 0.15) is 5.75 Å². The molecule has 3 rings (SSSR count). The fraction of sp³-hybridized carbons (Fsp3) is 0.133. The normalized spacial score (nSPS) is 10.4. The Morgan fingerprint density at radius 3 is 2.91 bits per heavy atom. The van der Waals surface area contributed by atoms with Crippen molar-refractivity contribution in [3.05, 3.63) is 47.3 Å². The van der Waals surface area contributed by atoms with Crippen molar-refractivity contribution in [3.63, 3.8) is 0 Å². The predicted molar refractivity (Wildman–Crippen MR) is 88.8 cm³/mol. The van der Waals surface area contributed by atoms with Crippen LogP contribution in [0.4, 0.5) is 5.13 Å². The summed E-state index contributed by atoms with van der Waals surface area (Å²) in [6, 6.07) is 11.0. The summed E-state index contributed by atoms with van der Waals surface area (Å²) in [4.78, 5) is 17.7. The maximum atomic E-state index is 12.4. The van der Waals surface area contributed by atoms with Crippen LogP contribution in [0.1, 0.15) is 17.3 Å². The van der Waals surface area contributed by atoms with Gasteiger partial charge in [0.2, 0.25) is 5.13 Å². The van der Waals surface area contributed by atoms with Crippen LogP contribution in [0.5, 0.6) is 5.75 Å². The number of amides is 1. The number of carbonyl (C=O) groups is 1. The molecule has 0 bridgehead atoms. The van der Waals surface area contributed by atoms with E-state index in [1.54, 1.807) is 29.5 Å². The van der Waals surface area contributed by atoms with E-state index in [0.717, 1.165) is 16.4 Å². The maximum Gasteiger partial charge on any atom is 0.261 e. The number of aromatic nitrogens is 2. The summed E-state index contributed by atoms with van der Waals surface area (Å²) in [5.74, 6) is 0.941. The van der Waals surface area contributed by atoms with Gasteiger partial charge in [-0.3, -0.25) is 10.1 Å². The Hall–Kier alpha value is -2.25. The number of para-hydroxylation sites is 1. The Bertz CT molecular complexity index is 769. The molecule has 0 aliphatic heterocycles. The third-order valence-corrected chi connectivity index (χ3v) is 4.32. The van der Waals surface area contributed by atoms with E-state index in [4.69, 9.17) is 4.74 Å². The number of benzene rings is 1. The van der Waals surface area contributed by atoms with Crippen molar-refractivity contribution in [1.29, 1.82) is 0 Å². The van der Waals surface area contributed by atoms with E-state index in [2.05, 4.69) is 14.7 Å². The first-order valence-electron chi connectivity index (χ1n) is 6.68. The highest BCUT2D eigenvalue weighted by molar-refractivity contribution is 7.14. The number of nitrogens with one attached hydrogen (secondary N) is 1. The first kappa shape index (κ1) is 14.7. The number of carbonyl (C=O) groups excluding carboxylic acids is 1. The Morgan fingerprint density at radius 1 is 1.27 bits per heavy atom. The summed E-state index contributed by atoms with van der Waals surface area (Å²) in [7, 11) is 0. The van der Waals surface area contributed by atoms with Crippen LogP contribution in [-0.2, 0) is 0 Å². The molecule has 1 N–H and O–H groups in total. The highest BCUT2D eigenvalue weighted by Crippen LogP contribution is 2.26. The Morgan fingerprint density at radius 2 is 2.14 bits per heavy atom. The zero-order valence-electron chi connectivity index (χ0n) is 11.8. The molecule has 0 saturated heterocycles. The second kappa shape index (κ2) is 6.67. The van der Waals surface area contributed by atoms with Crippen LogP contribution in [0.15, 0.2) is 41.8 Å². The second-order valence-corrected chi connectivity index (χ2v) is 5.98. The van der Waals surface area contributed by atoms with Crippen molar-refractivity contribution in [1.82, 2.24) is 9.36 Å². The second-order valence-electron chi connectivity index (χ2n) is 4.28. The number of ether oxygens (including phenoxy) is 1. The average Bonchev–Trinajstić information content (AvgIpc) is 3.19. The molecule has 0 aliphatic rings. The van der Waals surface area contributed by atoms with E-state index < -0.39 is 0 Å². The van der Waals surface area contributed by atoms with Gasteiger partial charge in [-0.2, -0.15) is 9.36 Å². The van der Waals surface area contributed by atoms with E-state index in [1.807, 2.05) is 30.5 Å². The molecule has 0 spiro atoms.